The number of anilines is 1. The second-order valence-electron chi connectivity index (χ2n) is 8.92. The third kappa shape index (κ3) is 4.03. The molecule has 0 saturated heterocycles. The number of hydrogen-bond acceptors (Lipinski definition) is 3. The molecule has 0 radical (unpaired) electrons. The number of hydrogen-bond donors (Lipinski definition) is 1. The van der Waals surface area contributed by atoms with Crippen molar-refractivity contribution in [2.45, 2.75) is 38.0 Å². The molecule has 4 atom stereocenters. The van der Waals surface area contributed by atoms with E-state index in [1.54, 1.807) is 30.5 Å². The van der Waals surface area contributed by atoms with E-state index in [9.17, 15) is 9.18 Å². The van der Waals surface area contributed by atoms with Gasteiger partial charge in [0, 0.05) is 18.0 Å². The highest BCUT2D eigenvalue weighted by Gasteiger charge is 2.42. The molecule has 2 aromatic heterocycles. The molecule has 0 aliphatic heterocycles. The summed E-state index contributed by atoms with van der Waals surface area (Å²) < 4.78 is 13.8. The highest BCUT2D eigenvalue weighted by molar-refractivity contribution is 5.90. The van der Waals surface area contributed by atoms with Gasteiger partial charge in [0.15, 0.2) is 0 Å². The number of carbonyl (C=O) groups is 1. The first kappa shape index (κ1) is 19.7. The van der Waals surface area contributed by atoms with Gasteiger partial charge in [0.25, 0.3) is 0 Å². The molecule has 2 fully saturated rings. The van der Waals surface area contributed by atoms with Crippen molar-refractivity contribution in [3.8, 4) is 12.3 Å². The van der Waals surface area contributed by atoms with Crippen molar-refractivity contribution >= 4 is 22.5 Å². The minimum atomic E-state index is -0.213. The summed E-state index contributed by atoms with van der Waals surface area (Å²) in [5.74, 6) is 4.42. The van der Waals surface area contributed by atoms with Crippen LogP contribution in [0.1, 0.15) is 49.3 Å². The van der Waals surface area contributed by atoms with Gasteiger partial charge in [-0.25, -0.2) is 9.37 Å². The molecule has 5 rings (SSSR count). The smallest absolute Gasteiger partial charge is 0.224 e. The van der Waals surface area contributed by atoms with Gasteiger partial charge in [0.1, 0.15) is 11.5 Å². The quantitative estimate of drug-likeness (QED) is 0.591. The average molecular weight is 413 g/mol. The van der Waals surface area contributed by atoms with Crippen molar-refractivity contribution < 1.29 is 9.18 Å². The Kier molecular flexibility index (Phi) is 5.15. The maximum Gasteiger partial charge on any atom is 0.224 e. The molecule has 156 valence electrons. The number of nitrogens with one attached hydrogen (secondary N) is 1. The lowest BCUT2D eigenvalue weighted by molar-refractivity contribution is -0.117. The van der Waals surface area contributed by atoms with Crippen molar-refractivity contribution in [2.75, 3.05) is 5.32 Å². The van der Waals surface area contributed by atoms with E-state index in [2.05, 4.69) is 27.3 Å². The second kappa shape index (κ2) is 8.11. The number of fused-ring (bicyclic) bond motifs is 2. The molecule has 31 heavy (non-hydrogen) atoms. The number of terminal acetylenes is 1. The van der Waals surface area contributed by atoms with E-state index in [0.717, 1.165) is 36.6 Å². The van der Waals surface area contributed by atoms with E-state index in [1.165, 1.54) is 11.6 Å². The van der Waals surface area contributed by atoms with Crippen LogP contribution in [0.2, 0.25) is 0 Å². The van der Waals surface area contributed by atoms with Crippen LogP contribution in [-0.2, 0) is 4.79 Å². The third-order valence-electron chi connectivity index (χ3n) is 6.96. The first-order chi connectivity index (χ1) is 15.1. The van der Waals surface area contributed by atoms with Crippen LogP contribution in [0.4, 0.5) is 10.1 Å². The number of carbonyl (C=O) groups excluding carboxylic acids is 1. The SMILES string of the molecule is C#Cc1ccc(NC(=O)C[C@H]2C[C@@H]3C[C@H](c4ccnc5ccc(F)cc45)C[C@@H]3C2)cn1. The van der Waals surface area contributed by atoms with Gasteiger partial charge in [-0.1, -0.05) is 5.92 Å². The molecule has 2 heterocycles. The van der Waals surface area contributed by atoms with Crippen LogP contribution >= 0.6 is 0 Å². The summed E-state index contributed by atoms with van der Waals surface area (Å²) in [5, 5.41) is 3.87. The van der Waals surface area contributed by atoms with Gasteiger partial charge in [-0.2, -0.15) is 0 Å². The van der Waals surface area contributed by atoms with E-state index in [-0.39, 0.29) is 11.7 Å². The van der Waals surface area contributed by atoms with Crippen LogP contribution in [0, 0.1) is 35.9 Å². The Morgan fingerprint density at radius 2 is 1.90 bits per heavy atom. The Labute approximate surface area is 181 Å². The number of benzene rings is 1. The third-order valence-corrected chi connectivity index (χ3v) is 6.96. The van der Waals surface area contributed by atoms with Crippen molar-refractivity contribution in [3.63, 3.8) is 0 Å². The molecule has 3 aromatic rings. The zero-order valence-corrected chi connectivity index (χ0v) is 17.2. The predicted octanol–water partition coefficient (Wildman–Crippen LogP) is 5.30. The molecule has 0 bridgehead atoms. The van der Waals surface area contributed by atoms with Crippen molar-refractivity contribution in [2.24, 2.45) is 17.8 Å². The molecular weight excluding hydrogens is 389 g/mol. The maximum atomic E-state index is 13.8. The molecule has 0 spiro atoms. The van der Waals surface area contributed by atoms with Gasteiger partial charge in [0.2, 0.25) is 5.91 Å². The Hall–Kier alpha value is -3.26. The van der Waals surface area contributed by atoms with Crippen molar-refractivity contribution in [3.05, 3.63) is 65.9 Å². The van der Waals surface area contributed by atoms with Crippen LogP contribution in [0.15, 0.2) is 48.8 Å². The van der Waals surface area contributed by atoms with Crippen LogP contribution in [0.25, 0.3) is 10.9 Å². The molecular formula is C26H24FN3O. The first-order valence-corrected chi connectivity index (χ1v) is 10.9. The molecule has 2 saturated carbocycles. The van der Waals surface area contributed by atoms with Crippen LogP contribution in [0.5, 0.6) is 0 Å². The molecule has 2 aliphatic rings. The summed E-state index contributed by atoms with van der Waals surface area (Å²) in [6.07, 6.45) is 13.7. The van der Waals surface area contributed by atoms with Gasteiger partial charge < -0.3 is 5.32 Å². The zero-order valence-electron chi connectivity index (χ0n) is 17.2. The summed E-state index contributed by atoms with van der Waals surface area (Å²) in [4.78, 5) is 21.0. The summed E-state index contributed by atoms with van der Waals surface area (Å²) >= 11 is 0. The van der Waals surface area contributed by atoms with E-state index in [0.29, 0.717) is 41.5 Å². The molecule has 5 heteroatoms. The Bertz CT molecular complexity index is 1150. The zero-order chi connectivity index (χ0) is 21.4. The number of rotatable bonds is 4. The lowest BCUT2D eigenvalue weighted by Gasteiger charge is -2.17. The van der Waals surface area contributed by atoms with Crippen molar-refractivity contribution in [1.29, 1.82) is 0 Å². The van der Waals surface area contributed by atoms with Crippen molar-refractivity contribution in [1.82, 2.24) is 9.97 Å². The summed E-state index contributed by atoms with van der Waals surface area (Å²) in [5.41, 5.74) is 3.31. The molecule has 0 unspecified atom stereocenters. The predicted molar refractivity (Wildman–Crippen MR) is 119 cm³/mol. The molecule has 1 N–H and O–H groups in total. The highest BCUT2D eigenvalue weighted by atomic mass is 19.1. The van der Waals surface area contributed by atoms with E-state index in [1.807, 2.05) is 6.20 Å². The number of nitrogens with zero attached hydrogens (tertiary/aromatic N) is 2. The fraction of sp³-hybridized carbons (Fsp3) is 0.346. The van der Waals surface area contributed by atoms with Gasteiger partial charge in [-0.05, 0) is 91.3 Å². The van der Waals surface area contributed by atoms with E-state index in [4.69, 9.17) is 6.42 Å². The topological polar surface area (TPSA) is 54.9 Å². The molecule has 2 aliphatic carbocycles. The standard InChI is InChI=1S/C26H24FN3O/c1-2-21-4-5-22(15-29-21)30-26(31)11-16-9-17-12-19(13-18(17)10-16)23-7-8-28-25-6-3-20(27)14-24(23)25/h1,3-8,14-19H,9-13H2,(H,30,31)/t16-,17+,18-,19-. The number of amides is 1. The Morgan fingerprint density at radius 3 is 2.61 bits per heavy atom. The van der Waals surface area contributed by atoms with E-state index >= 15 is 0 Å². The normalized spacial score (nSPS) is 24.6. The van der Waals surface area contributed by atoms with Crippen LogP contribution in [0.3, 0.4) is 0 Å². The monoisotopic (exact) mass is 413 g/mol. The summed E-state index contributed by atoms with van der Waals surface area (Å²) in [6, 6.07) is 10.4. The lowest BCUT2D eigenvalue weighted by atomic mass is 9.89. The Balaban J connectivity index is 1.20. The Morgan fingerprint density at radius 1 is 1.10 bits per heavy atom. The molecule has 1 amide bonds. The number of aromatic nitrogens is 2. The molecule has 1 aromatic carbocycles. The van der Waals surface area contributed by atoms with Gasteiger partial charge in [-0.3, -0.25) is 9.78 Å². The van der Waals surface area contributed by atoms with Crippen LogP contribution < -0.4 is 5.32 Å². The first-order valence-electron chi connectivity index (χ1n) is 10.9. The fourth-order valence-corrected chi connectivity index (χ4v) is 5.69. The summed E-state index contributed by atoms with van der Waals surface area (Å²) in [6.45, 7) is 0. The summed E-state index contributed by atoms with van der Waals surface area (Å²) in [7, 11) is 0. The van der Waals surface area contributed by atoms with Gasteiger partial charge >= 0.3 is 0 Å². The minimum absolute atomic E-state index is 0.0346. The highest BCUT2D eigenvalue weighted by Crippen LogP contribution is 2.53. The maximum absolute atomic E-state index is 13.8. The van der Waals surface area contributed by atoms with Gasteiger partial charge in [0.05, 0.1) is 17.4 Å². The minimum Gasteiger partial charge on any atom is -0.325 e. The second-order valence-corrected chi connectivity index (χ2v) is 8.92. The fourth-order valence-electron chi connectivity index (χ4n) is 5.69. The number of halogens is 1. The number of pyridine rings is 2. The largest absolute Gasteiger partial charge is 0.325 e. The molecule has 4 nitrogen and oxygen atoms in total. The van der Waals surface area contributed by atoms with Gasteiger partial charge in [-0.15, -0.1) is 6.42 Å². The van der Waals surface area contributed by atoms with E-state index < -0.39 is 0 Å². The lowest BCUT2D eigenvalue weighted by Crippen LogP contribution is -2.16. The van der Waals surface area contributed by atoms with Crippen LogP contribution in [-0.4, -0.2) is 15.9 Å². The average Bonchev–Trinajstić information content (AvgIpc) is 3.32.